The Morgan fingerprint density at radius 2 is 2.60 bits per heavy atom. The molecule has 1 aliphatic rings. The van der Waals surface area contributed by atoms with Crippen LogP contribution in [-0.2, 0) is 4.79 Å². The maximum absolute atomic E-state index is 10.9. The van der Waals surface area contributed by atoms with Crippen molar-refractivity contribution in [1.29, 1.82) is 0 Å². The van der Waals surface area contributed by atoms with E-state index in [9.17, 15) is 4.79 Å². The Hall–Kier alpha value is -0.660. The van der Waals surface area contributed by atoms with Gasteiger partial charge in [-0.3, -0.25) is 4.79 Å². The average Bonchev–Trinajstić information content (AvgIpc) is 2.31. The van der Waals surface area contributed by atoms with Crippen LogP contribution >= 0.6 is 0 Å². The molecule has 0 aromatic heterocycles. The standard InChI is InChI=1S/C8H13NO/c1-2-3-4-7-5-6-9-8(7)10/h6-7H,2-5H2,1H3. The predicted molar refractivity (Wildman–Crippen MR) is 41.1 cm³/mol. The summed E-state index contributed by atoms with van der Waals surface area (Å²) in [4.78, 5) is 14.6. The predicted octanol–water partition coefficient (Wildman–Crippen LogP) is 1.79. The Balaban J connectivity index is 2.24. The first-order valence-corrected chi connectivity index (χ1v) is 3.91. The second-order valence-corrected chi connectivity index (χ2v) is 2.72. The summed E-state index contributed by atoms with van der Waals surface area (Å²) in [6, 6.07) is 0. The Bertz CT molecular complexity index is 151. The average molecular weight is 139 g/mol. The van der Waals surface area contributed by atoms with Crippen LogP contribution in [-0.4, -0.2) is 12.1 Å². The van der Waals surface area contributed by atoms with Gasteiger partial charge < -0.3 is 0 Å². The van der Waals surface area contributed by atoms with E-state index in [0.29, 0.717) is 0 Å². The lowest BCUT2D eigenvalue weighted by Gasteiger charge is -2.02. The van der Waals surface area contributed by atoms with Gasteiger partial charge in [0.2, 0.25) is 5.91 Å². The molecule has 0 saturated heterocycles. The number of hydrogen-bond donors (Lipinski definition) is 0. The third kappa shape index (κ3) is 1.66. The minimum absolute atomic E-state index is 0.0912. The number of carbonyl (C=O) groups excluding carboxylic acids is 1. The Morgan fingerprint density at radius 1 is 1.80 bits per heavy atom. The lowest BCUT2D eigenvalue weighted by molar-refractivity contribution is -0.120. The van der Waals surface area contributed by atoms with Gasteiger partial charge in [0.1, 0.15) is 0 Å². The summed E-state index contributed by atoms with van der Waals surface area (Å²) in [6.07, 6.45) is 5.96. The molecule has 1 aliphatic heterocycles. The molecule has 1 unspecified atom stereocenters. The van der Waals surface area contributed by atoms with Crippen molar-refractivity contribution in [3.8, 4) is 0 Å². The normalized spacial score (nSPS) is 24.1. The molecule has 0 N–H and O–H groups in total. The lowest BCUT2D eigenvalue weighted by atomic mass is 10.0. The summed E-state index contributed by atoms with van der Waals surface area (Å²) in [5, 5.41) is 0. The fourth-order valence-electron chi connectivity index (χ4n) is 1.17. The quantitative estimate of drug-likeness (QED) is 0.586. The van der Waals surface area contributed by atoms with E-state index in [1.54, 1.807) is 6.21 Å². The SMILES string of the molecule is CCCCC1CC=NC1=O. The summed E-state index contributed by atoms with van der Waals surface area (Å²) in [5.74, 6) is 0.313. The van der Waals surface area contributed by atoms with Crippen molar-refractivity contribution in [2.45, 2.75) is 32.6 Å². The molecular formula is C8H13NO. The van der Waals surface area contributed by atoms with E-state index in [4.69, 9.17) is 0 Å². The fourth-order valence-corrected chi connectivity index (χ4v) is 1.17. The number of hydrogen-bond acceptors (Lipinski definition) is 1. The number of rotatable bonds is 3. The highest BCUT2D eigenvalue weighted by Gasteiger charge is 2.19. The summed E-state index contributed by atoms with van der Waals surface area (Å²) in [6.45, 7) is 2.14. The van der Waals surface area contributed by atoms with Crippen LogP contribution in [0.2, 0.25) is 0 Å². The lowest BCUT2D eigenvalue weighted by Crippen LogP contribution is -2.05. The molecule has 56 valence electrons. The first kappa shape index (κ1) is 7.45. The Kier molecular flexibility index (Phi) is 2.60. The molecular weight excluding hydrogens is 126 g/mol. The van der Waals surface area contributed by atoms with Gasteiger partial charge in [-0.05, 0) is 12.8 Å². The number of unbranched alkanes of at least 4 members (excludes halogenated alkanes) is 1. The highest BCUT2D eigenvalue weighted by Crippen LogP contribution is 2.17. The molecule has 1 rings (SSSR count). The first-order chi connectivity index (χ1) is 4.84. The third-order valence-electron chi connectivity index (χ3n) is 1.86. The monoisotopic (exact) mass is 139 g/mol. The minimum atomic E-state index is 0.0912. The van der Waals surface area contributed by atoms with Crippen LogP contribution in [0.5, 0.6) is 0 Å². The second kappa shape index (κ2) is 3.49. The van der Waals surface area contributed by atoms with Crippen LogP contribution in [0.1, 0.15) is 32.6 Å². The summed E-state index contributed by atoms with van der Waals surface area (Å²) in [7, 11) is 0. The Morgan fingerprint density at radius 3 is 3.10 bits per heavy atom. The smallest absolute Gasteiger partial charge is 0.248 e. The molecule has 10 heavy (non-hydrogen) atoms. The first-order valence-electron chi connectivity index (χ1n) is 3.91. The van der Waals surface area contributed by atoms with Crippen LogP contribution in [0.3, 0.4) is 0 Å². The van der Waals surface area contributed by atoms with Crippen molar-refractivity contribution >= 4 is 12.1 Å². The van der Waals surface area contributed by atoms with E-state index >= 15 is 0 Å². The highest BCUT2D eigenvalue weighted by molar-refractivity contribution is 5.93. The van der Waals surface area contributed by atoms with Crippen molar-refractivity contribution in [2.75, 3.05) is 0 Å². The van der Waals surface area contributed by atoms with Gasteiger partial charge in [-0.25, -0.2) is 4.99 Å². The van der Waals surface area contributed by atoms with E-state index in [1.807, 2.05) is 0 Å². The van der Waals surface area contributed by atoms with Crippen molar-refractivity contribution < 1.29 is 4.79 Å². The van der Waals surface area contributed by atoms with E-state index < -0.39 is 0 Å². The molecule has 2 nitrogen and oxygen atoms in total. The number of amides is 1. The van der Waals surface area contributed by atoms with Crippen LogP contribution in [0.15, 0.2) is 4.99 Å². The van der Waals surface area contributed by atoms with E-state index in [2.05, 4.69) is 11.9 Å². The van der Waals surface area contributed by atoms with Gasteiger partial charge in [0.15, 0.2) is 0 Å². The zero-order valence-electron chi connectivity index (χ0n) is 6.34. The summed E-state index contributed by atoms with van der Waals surface area (Å²) >= 11 is 0. The van der Waals surface area contributed by atoms with Crippen molar-refractivity contribution in [3.63, 3.8) is 0 Å². The van der Waals surface area contributed by atoms with E-state index in [0.717, 1.165) is 19.3 Å². The van der Waals surface area contributed by atoms with Crippen molar-refractivity contribution in [3.05, 3.63) is 0 Å². The number of carbonyl (C=O) groups is 1. The minimum Gasteiger partial charge on any atom is -0.272 e. The molecule has 0 aromatic carbocycles. The summed E-state index contributed by atoms with van der Waals surface area (Å²) < 4.78 is 0. The van der Waals surface area contributed by atoms with Crippen LogP contribution in [0, 0.1) is 5.92 Å². The van der Waals surface area contributed by atoms with Gasteiger partial charge in [-0.2, -0.15) is 0 Å². The van der Waals surface area contributed by atoms with Crippen molar-refractivity contribution in [1.82, 2.24) is 0 Å². The molecule has 0 radical (unpaired) electrons. The zero-order valence-corrected chi connectivity index (χ0v) is 6.34. The van der Waals surface area contributed by atoms with E-state index in [1.165, 1.54) is 6.42 Å². The molecule has 1 heterocycles. The topological polar surface area (TPSA) is 29.4 Å². The highest BCUT2D eigenvalue weighted by atomic mass is 16.1. The molecule has 2 heteroatoms. The molecule has 1 amide bonds. The maximum Gasteiger partial charge on any atom is 0.248 e. The van der Waals surface area contributed by atoms with Crippen molar-refractivity contribution in [2.24, 2.45) is 10.9 Å². The van der Waals surface area contributed by atoms with E-state index in [-0.39, 0.29) is 11.8 Å². The van der Waals surface area contributed by atoms with Gasteiger partial charge in [-0.1, -0.05) is 19.8 Å². The van der Waals surface area contributed by atoms with Gasteiger partial charge in [0.25, 0.3) is 0 Å². The molecule has 0 aliphatic carbocycles. The van der Waals surface area contributed by atoms with Gasteiger partial charge in [0.05, 0.1) is 0 Å². The van der Waals surface area contributed by atoms with Gasteiger partial charge >= 0.3 is 0 Å². The number of aliphatic imine (C=N–C) groups is 1. The van der Waals surface area contributed by atoms with Crippen LogP contribution < -0.4 is 0 Å². The molecule has 0 aromatic rings. The van der Waals surface area contributed by atoms with Gasteiger partial charge in [0, 0.05) is 12.1 Å². The van der Waals surface area contributed by atoms with Crippen LogP contribution in [0.25, 0.3) is 0 Å². The largest absolute Gasteiger partial charge is 0.272 e. The summed E-state index contributed by atoms with van der Waals surface area (Å²) in [5.41, 5.74) is 0. The molecule has 0 saturated carbocycles. The maximum atomic E-state index is 10.9. The fraction of sp³-hybridized carbons (Fsp3) is 0.750. The molecule has 0 spiro atoms. The number of nitrogens with zero attached hydrogens (tertiary/aromatic N) is 1. The Labute approximate surface area is 61.3 Å². The van der Waals surface area contributed by atoms with Crippen LogP contribution in [0.4, 0.5) is 0 Å². The second-order valence-electron chi connectivity index (χ2n) is 2.72. The molecule has 0 fully saturated rings. The molecule has 0 bridgehead atoms. The third-order valence-corrected chi connectivity index (χ3v) is 1.86. The zero-order chi connectivity index (χ0) is 7.40. The van der Waals surface area contributed by atoms with Gasteiger partial charge in [-0.15, -0.1) is 0 Å². The molecule has 1 atom stereocenters.